The molecule has 1 amide bonds. The van der Waals surface area contributed by atoms with Crippen molar-refractivity contribution >= 4 is 21.6 Å². The molecule has 0 spiro atoms. The molecule has 0 saturated carbocycles. The third-order valence-electron chi connectivity index (χ3n) is 4.07. The highest BCUT2D eigenvalue weighted by Gasteiger charge is 2.20. The van der Waals surface area contributed by atoms with Gasteiger partial charge in [-0.3, -0.25) is 9.52 Å². The number of nitrogens with one attached hydrogen (secondary N) is 2. The summed E-state index contributed by atoms with van der Waals surface area (Å²) in [5.74, 6) is -0.105. The van der Waals surface area contributed by atoms with E-state index >= 15 is 0 Å². The number of hydrogen-bond donors (Lipinski definition) is 2. The number of rotatable bonds is 8. The molecule has 146 valence electrons. The van der Waals surface area contributed by atoms with Crippen LogP contribution >= 0.6 is 0 Å². The zero-order chi connectivity index (χ0) is 20.0. The van der Waals surface area contributed by atoms with E-state index < -0.39 is 10.0 Å². The Morgan fingerprint density at radius 2 is 1.63 bits per heavy atom. The van der Waals surface area contributed by atoms with Gasteiger partial charge in [-0.05, 0) is 49.6 Å². The standard InChI is InChI=1S/C20H26N2O4S/c1-14-11-15(2)20(16(3)12-14)27(24,25)22-18-7-5-17(6-8-18)13-19(23)21-9-10-26-4/h5-8,11-12,22H,9-10,13H2,1-4H3,(H,21,23). The van der Waals surface area contributed by atoms with Crippen molar-refractivity contribution in [2.45, 2.75) is 32.1 Å². The maximum atomic E-state index is 12.8. The molecule has 0 unspecified atom stereocenters. The molecule has 2 aromatic carbocycles. The van der Waals surface area contributed by atoms with Crippen LogP contribution in [-0.2, 0) is 26.0 Å². The molecular weight excluding hydrogens is 364 g/mol. The van der Waals surface area contributed by atoms with Crippen molar-refractivity contribution in [3.63, 3.8) is 0 Å². The number of carbonyl (C=O) groups is 1. The molecule has 2 aromatic rings. The van der Waals surface area contributed by atoms with E-state index in [9.17, 15) is 13.2 Å². The molecule has 2 rings (SSSR count). The summed E-state index contributed by atoms with van der Waals surface area (Å²) in [6.45, 7) is 6.44. The minimum atomic E-state index is -3.69. The lowest BCUT2D eigenvalue weighted by molar-refractivity contribution is -0.120. The van der Waals surface area contributed by atoms with Gasteiger partial charge in [0.2, 0.25) is 5.91 Å². The number of hydrogen-bond acceptors (Lipinski definition) is 4. The van der Waals surface area contributed by atoms with Crippen molar-refractivity contribution in [1.82, 2.24) is 5.32 Å². The highest BCUT2D eigenvalue weighted by molar-refractivity contribution is 7.92. The van der Waals surface area contributed by atoms with E-state index in [4.69, 9.17) is 4.74 Å². The van der Waals surface area contributed by atoms with E-state index in [1.165, 1.54) is 0 Å². The Balaban J connectivity index is 2.09. The molecule has 0 radical (unpaired) electrons. The molecule has 0 aliphatic carbocycles. The maximum Gasteiger partial charge on any atom is 0.262 e. The number of ether oxygens (including phenoxy) is 1. The zero-order valence-corrected chi connectivity index (χ0v) is 16.9. The molecule has 0 atom stereocenters. The van der Waals surface area contributed by atoms with Crippen LogP contribution < -0.4 is 10.0 Å². The van der Waals surface area contributed by atoms with Crippen molar-refractivity contribution in [3.8, 4) is 0 Å². The van der Waals surface area contributed by atoms with Gasteiger partial charge in [0.15, 0.2) is 0 Å². The normalized spacial score (nSPS) is 11.3. The van der Waals surface area contributed by atoms with Crippen LogP contribution in [0, 0.1) is 20.8 Å². The van der Waals surface area contributed by atoms with E-state index in [1.807, 2.05) is 19.1 Å². The fraction of sp³-hybridized carbons (Fsp3) is 0.350. The van der Waals surface area contributed by atoms with E-state index in [1.54, 1.807) is 45.2 Å². The quantitative estimate of drug-likeness (QED) is 0.679. The lowest BCUT2D eigenvalue weighted by atomic mass is 10.1. The number of sulfonamides is 1. The second-order valence-electron chi connectivity index (χ2n) is 6.55. The minimum absolute atomic E-state index is 0.105. The summed E-state index contributed by atoms with van der Waals surface area (Å²) in [6.07, 6.45) is 0.229. The van der Waals surface area contributed by atoms with E-state index in [0.717, 1.165) is 11.1 Å². The van der Waals surface area contributed by atoms with Gasteiger partial charge in [0, 0.05) is 19.3 Å². The minimum Gasteiger partial charge on any atom is -0.383 e. The van der Waals surface area contributed by atoms with Crippen LogP contribution in [0.1, 0.15) is 22.3 Å². The molecule has 6 nitrogen and oxygen atoms in total. The topological polar surface area (TPSA) is 84.5 Å². The van der Waals surface area contributed by atoms with Crippen LogP contribution in [-0.4, -0.2) is 34.6 Å². The van der Waals surface area contributed by atoms with Crippen LogP contribution in [0.25, 0.3) is 0 Å². The second-order valence-corrected chi connectivity index (χ2v) is 8.17. The van der Waals surface area contributed by atoms with Crippen molar-refractivity contribution in [3.05, 3.63) is 58.7 Å². The fourth-order valence-corrected chi connectivity index (χ4v) is 4.54. The molecule has 0 fully saturated rings. The molecule has 0 bridgehead atoms. The van der Waals surface area contributed by atoms with Gasteiger partial charge in [-0.25, -0.2) is 8.42 Å². The molecule has 2 N–H and O–H groups in total. The summed E-state index contributed by atoms with van der Waals surface area (Å²) in [5, 5.41) is 2.75. The van der Waals surface area contributed by atoms with Crippen LogP contribution in [0.4, 0.5) is 5.69 Å². The maximum absolute atomic E-state index is 12.8. The van der Waals surface area contributed by atoms with Gasteiger partial charge in [0.25, 0.3) is 10.0 Å². The first-order chi connectivity index (χ1) is 12.7. The second kappa shape index (κ2) is 9.01. The number of anilines is 1. The summed E-state index contributed by atoms with van der Waals surface area (Å²) in [5.41, 5.74) is 3.71. The molecule has 0 aliphatic heterocycles. The summed E-state index contributed by atoms with van der Waals surface area (Å²) >= 11 is 0. The van der Waals surface area contributed by atoms with Gasteiger partial charge in [-0.15, -0.1) is 0 Å². The number of methoxy groups -OCH3 is 1. The van der Waals surface area contributed by atoms with Crippen LogP contribution in [0.3, 0.4) is 0 Å². The van der Waals surface area contributed by atoms with Crippen LogP contribution in [0.2, 0.25) is 0 Å². The Hall–Kier alpha value is -2.38. The number of aryl methyl sites for hydroxylation is 3. The molecule has 0 aliphatic rings. The van der Waals surface area contributed by atoms with E-state index in [0.29, 0.717) is 34.9 Å². The van der Waals surface area contributed by atoms with Gasteiger partial charge in [-0.1, -0.05) is 29.8 Å². The van der Waals surface area contributed by atoms with E-state index in [2.05, 4.69) is 10.0 Å². The first kappa shape index (κ1) is 20.9. The SMILES string of the molecule is COCCNC(=O)Cc1ccc(NS(=O)(=O)c2c(C)cc(C)cc2C)cc1. The number of benzene rings is 2. The third-order valence-corrected chi connectivity index (χ3v) is 5.76. The van der Waals surface area contributed by atoms with Crippen LogP contribution in [0.5, 0.6) is 0 Å². The first-order valence-electron chi connectivity index (χ1n) is 8.68. The number of amides is 1. The predicted molar refractivity (Wildman–Crippen MR) is 106 cm³/mol. The molecule has 0 aromatic heterocycles. The third kappa shape index (κ3) is 5.80. The van der Waals surface area contributed by atoms with Crippen LogP contribution in [0.15, 0.2) is 41.3 Å². The Morgan fingerprint density at radius 1 is 1.04 bits per heavy atom. The molecular formula is C20H26N2O4S. The van der Waals surface area contributed by atoms with Crippen molar-refractivity contribution in [2.75, 3.05) is 25.0 Å². The smallest absolute Gasteiger partial charge is 0.262 e. The Morgan fingerprint density at radius 3 is 2.19 bits per heavy atom. The molecule has 0 saturated heterocycles. The average Bonchev–Trinajstić information content (AvgIpc) is 2.55. The number of carbonyl (C=O) groups excluding carboxylic acids is 1. The molecule has 27 heavy (non-hydrogen) atoms. The molecule has 0 heterocycles. The highest BCUT2D eigenvalue weighted by atomic mass is 32.2. The Bertz CT molecular complexity index is 883. The lowest BCUT2D eigenvalue weighted by Gasteiger charge is -2.14. The van der Waals surface area contributed by atoms with Gasteiger partial charge < -0.3 is 10.1 Å². The summed E-state index contributed by atoms with van der Waals surface area (Å²) in [6, 6.07) is 10.5. The predicted octanol–water partition coefficient (Wildman–Crippen LogP) is 2.72. The van der Waals surface area contributed by atoms with E-state index in [-0.39, 0.29) is 12.3 Å². The zero-order valence-electron chi connectivity index (χ0n) is 16.1. The van der Waals surface area contributed by atoms with Gasteiger partial charge in [-0.2, -0.15) is 0 Å². The Kier molecular flexibility index (Phi) is 6.98. The van der Waals surface area contributed by atoms with Gasteiger partial charge >= 0.3 is 0 Å². The largest absolute Gasteiger partial charge is 0.383 e. The highest BCUT2D eigenvalue weighted by Crippen LogP contribution is 2.24. The van der Waals surface area contributed by atoms with Crippen molar-refractivity contribution < 1.29 is 17.9 Å². The summed E-state index contributed by atoms with van der Waals surface area (Å²) in [4.78, 5) is 12.1. The summed E-state index contributed by atoms with van der Waals surface area (Å²) in [7, 11) is -2.11. The van der Waals surface area contributed by atoms with Crippen molar-refractivity contribution in [2.24, 2.45) is 0 Å². The lowest BCUT2D eigenvalue weighted by Crippen LogP contribution is -2.28. The van der Waals surface area contributed by atoms with Gasteiger partial charge in [0.1, 0.15) is 0 Å². The van der Waals surface area contributed by atoms with Crippen molar-refractivity contribution in [1.29, 1.82) is 0 Å². The first-order valence-corrected chi connectivity index (χ1v) is 10.2. The molecule has 7 heteroatoms. The summed E-state index contributed by atoms with van der Waals surface area (Å²) < 4.78 is 33.1. The monoisotopic (exact) mass is 390 g/mol. The fourth-order valence-electron chi connectivity index (χ4n) is 3.03. The average molecular weight is 391 g/mol. The van der Waals surface area contributed by atoms with Gasteiger partial charge in [0.05, 0.1) is 17.9 Å². The Labute approximate surface area is 161 Å².